The minimum atomic E-state index is -0.948. The number of ether oxygens (including phenoxy) is 1. The lowest BCUT2D eigenvalue weighted by Crippen LogP contribution is -2.46. The van der Waals surface area contributed by atoms with Gasteiger partial charge in [0.15, 0.2) is 0 Å². The Bertz CT molecular complexity index is 597. The van der Waals surface area contributed by atoms with E-state index in [1.54, 1.807) is 4.68 Å². The van der Waals surface area contributed by atoms with Crippen LogP contribution in [0.4, 0.5) is 0 Å². The van der Waals surface area contributed by atoms with Crippen LogP contribution in [0.1, 0.15) is 18.3 Å². The molecule has 2 N–H and O–H groups in total. The van der Waals surface area contributed by atoms with Crippen LogP contribution in [0.3, 0.4) is 0 Å². The molecule has 1 unspecified atom stereocenters. The number of rotatable bonds is 6. The minimum absolute atomic E-state index is 0.139. The van der Waals surface area contributed by atoms with E-state index in [1.807, 2.05) is 37.3 Å². The molecule has 0 amide bonds. The lowest BCUT2D eigenvalue weighted by Gasteiger charge is -2.29. The number of nitrogens with two attached hydrogens (primary N) is 1. The number of hydrogen-bond donors (Lipinski definition) is 1. The smallest absolute Gasteiger partial charge is 0.318 e. The van der Waals surface area contributed by atoms with Crippen LogP contribution < -0.4 is 5.73 Å². The number of benzene rings is 1. The standard InChI is InChI=1S/C15H20N4O2/c1-3-19-13(17-11-18-19)9-15(10-16,14(20)21-2)12-7-5-4-6-8-12/h4-8,11H,3,9-10,16H2,1-2H3. The Kier molecular flexibility index (Phi) is 4.70. The summed E-state index contributed by atoms with van der Waals surface area (Å²) in [5, 5.41) is 4.14. The highest BCUT2D eigenvalue weighted by atomic mass is 16.5. The molecular weight excluding hydrogens is 268 g/mol. The quantitative estimate of drug-likeness (QED) is 0.799. The van der Waals surface area contributed by atoms with Gasteiger partial charge in [0.25, 0.3) is 0 Å². The predicted molar refractivity (Wildman–Crippen MR) is 78.6 cm³/mol. The molecule has 21 heavy (non-hydrogen) atoms. The number of carbonyl (C=O) groups excluding carboxylic acids is 1. The van der Waals surface area contributed by atoms with E-state index in [0.717, 1.165) is 11.4 Å². The minimum Gasteiger partial charge on any atom is -0.468 e. The van der Waals surface area contributed by atoms with Crippen LogP contribution in [0.5, 0.6) is 0 Å². The van der Waals surface area contributed by atoms with Gasteiger partial charge in [-0.15, -0.1) is 0 Å². The Hall–Kier alpha value is -2.21. The molecule has 0 aliphatic heterocycles. The third-order valence-electron chi connectivity index (χ3n) is 3.71. The molecule has 0 spiro atoms. The first-order valence-electron chi connectivity index (χ1n) is 6.88. The van der Waals surface area contributed by atoms with Gasteiger partial charge in [0, 0.05) is 19.5 Å². The van der Waals surface area contributed by atoms with Crippen LogP contribution in [0.15, 0.2) is 36.7 Å². The van der Waals surface area contributed by atoms with E-state index >= 15 is 0 Å². The van der Waals surface area contributed by atoms with Gasteiger partial charge in [-0.1, -0.05) is 30.3 Å². The van der Waals surface area contributed by atoms with Gasteiger partial charge in [0.2, 0.25) is 0 Å². The van der Waals surface area contributed by atoms with E-state index in [2.05, 4.69) is 10.1 Å². The molecule has 6 heteroatoms. The fourth-order valence-corrected chi connectivity index (χ4v) is 2.48. The lowest BCUT2D eigenvalue weighted by molar-refractivity contribution is -0.147. The summed E-state index contributed by atoms with van der Waals surface area (Å²) >= 11 is 0. The Balaban J connectivity index is 2.48. The number of aromatic nitrogens is 3. The van der Waals surface area contributed by atoms with Gasteiger partial charge < -0.3 is 10.5 Å². The summed E-state index contributed by atoms with van der Waals surface area (Å²) in [6.45, 7) is 2.80. The van der Waals surface area contributed by atoms with E-state index in [-0.39, 0.29) is 12.5 Å². The van der Waals surface area contributed by atoms with E-state index in [0.29, 0.717) is 13.0 Å². The highest BCUT2D eigenvalue weighted by molar-refractivity contribution is 5.83. The van der Waals surface area contributed by atoms with Crippen LogP contribution in [0.2, 0.25) is 0 Å². The molecular formula is C15H20N4O2. The SMILES string of the molecule is CCn1ncnc1CC(CN)(C(=O)OC)c1ccccc1. The van der Waals surface area contributed by atoms with Crippen LogP contribution in [-0.4, -0.2) is 34.4 Å². The van der Waals surface area contributed by atoms with Crippen molar-refractivity contribution in [2.75, 3.05) is 13.7 Å². The van der Waals surface area contributed by atoms with Gasteiger partial charge >= 0.3 is 5.97 Å². The van der Waals surface area contributed by atoms with Crippen LogP contribution in [-0.2, 0) is 27.9 Å². The van der Waals surface area contributed by atoms with Crippen molar-refractivity contribution in [3.05, 3.63) is 48.0 Å². The average molecular weight is 288 g/mol. The third-order valence-corrected chi connectivity index (χ3v) is 3.71. The number of nitrogens with zero attached hydrogens (tertiary/aromatic N) is 3. The summed E-state index contributed by atoms with van der Waals surface area (Å²) in [4.78, 5) is 16.7. The second kappa shape index (κ2) is 6.49. The molecule has 2 rings (SSSR count). The van der Waals surface area contributed by atoms with Gasteiger partial charge in [0.05, 0.1) is 7.11 Å². The largest absolute Gasteiger partial charge is 0.468 e. The summed E-state index contributed by atoms with van der Waals surface area (Å²) in [5.41, 5.74) is 5.84. The Morgan fingerprint density at radius 2 is 2.10 bits per heavy atom. The van der Waals surface area contributed by atoms with E-state index in [4.69, 9.17) is 10.5 Å². The Morgan fingerprint density at radius 3 is 2.67 bits per heavy atom. The molecule has 0 radical (unpaired) electrons. The van der Waals surface area contributed by atoms with Crippen molar-refractivity contribution in [2.45, 2.75) is 25.3 Å². The number of esters is 1. The second-order valence-corrected chi connectivity index (χ2v) is 4.81. The highest BCUT2D eigenvalue weighted by Gasteiger charge is 2.41. The van der Waals surface area contributed by atoms with Crippen molar-refractivity contribution in [3.8, 4) is 0 Å². The molecule has 0 aliphatic carbocycles. The normalized spacial score (nSPS) is 13.7. The lowest BCUT2D eigenvalue weighted by atomic mass is 9.77. The number of carbonyl (C=O) groups is 1. The van der Waals surface area contributed by atoms with Crippen molar-refractivity contribution in [1.82, 2.24) is 14.8 Å². The van der Waals surface area contributed by atoms with E-state index < -0.39 is 5.41 Å². The molecule has 0 aliphatic rings. The molecule has 2 aromatic rings. The van der Waals surface area contributed by atoms with E-state index in [1.165, 1.54) is 13.4 Å². The molecule has 1 aromatic carbocycles. The number of aryl methyl sites for hydroxylation is 1. The Morgan fingerprint density at radius 1 is 1.38 bits per heavy atom. The molecule has 0 fully saturated rings. The first-order chi connectivity index (χ1) is 10.2. The first-order valence-corrected chi connectivity index (χ1v) is 6.88. The number of hydrogen-bond acceptors (Lipinski definition) is 5. The van der Waals surface area contributed by atoms with Crippen molar-refractivity contribution >= 4 is 5.97 Å². The van der Waals surface area contributed by atoms with E-state index in [9.17, 15) is 4.79 Å². The van der Waals surface area contributed by atoms with Crippen molar-refractivity contribution in [3.63, 3.8) is 0 Å². The first kappa shape index (κ1) is 15.2. The molecule has 0 saturated heterocycles. The monoisotopic (exact) mass is 288 g/mol. The zero-order chi connectivity index (χ0) is 15.3. The molecule has 1 heterocycles. The third kappa shape index (κ3) is 2.80. The molecule has 6 nitrogen and oxygen atoms in total. The molecule has 112 valence electrons. The summed E-state index contributed by atoms with van der Waals surface area (Å²) in [6, 6.07) is 9.43. The fourth-order valence-electron chi connectivity index (χ4n) is 2.48. The summed E-state index contributed by atoms with van der Waals surface area (Å²) in [7, 11) is 1.38. The van der Waals surface area contributed by atoms with Gasteiger partial charge in [-0.05, 0) is 12.5 Å². The second-order valence-electron chi connectivity index (χ2n) is 4.81. The number of methoxy groups -OCH3 is 1. The van der Waals surface area contributed by atoms with Crippen LogP contribution >= 0.6 is 0 Å². The zero-order valence-corrected chi connectivity index (χ0v) is 12.3. The summed E-state index contributed by atoms with van der Waals surface area (Å²) < 4.78 is 6.77. The van der Waals surface area contributed by atoms with Crippen molar-refractivity contribution in [2.24, 2.45) is 5.73 Å². The van der Waals surface area contributed by atoms with Gasteiger partial charge in [-0.2, -0.15) is 5.10 Å². The van der Waals surface area contributed by atoms with Crippen LogP contribution in [0, 0.1) is 0 Å². The van der Waals surface area contributed by atoms with Gasteiger partial charge in [-0.25, -0.2) is 4.98 Å². The summed E-state index contributed by atoms with van der Waals surface area (Å²) in [6.07, 6.45) is 1.84. The van der Waals surface area contributed by atoms with Gasteiger partial charge in [0.1, 0.15) is 17.6 Å². The molecule has 0 saturated carbocycles. The molecule has 1 atom stereocenters. The topological polar surface area (TPSA) is 83.0 Å². The Labute approximate surface area is 123 Å². The zero-order valence-electron chi connectivity index (χ0n) is 12.3. The fraction of sp³-hybridized carbons (Fsp3) is 0.400. The highest BCUT2D eigenvalue weighted by Crippen LogP contribution is 2.28. The van der Waals surface area contributed by atoms with Gasteiger partial charge in [-0.3, -0.25) is 9.48 Å². The molecule has 0 bridgehead atoms. The predicted octanol–water partition coefficient (Wildman–Crippen LogP) is 0.910. The molecule has 1 aromatic heterocycles. The maximum absolute atomic E-state index is 12.4. The maximum Gasteiger partial charge on any atom is 0.318 e. The summed E-state index contributed by atoms with van der Waals surface area (Å²) in [5.74, 6) is 0.360. The van der Waals surface area contributed by atoms with Crippen molar-refractivity contribution < 1.29 is 9.53 Å². The van der Waals surface area contributed by atoms with Crippen molar-refractivity contribution in [1.29, 1.82) is 0 Å². The van der Waals surface area contributed by atoms with Crippen LogP contribution in [0.25, 0.3) is 0 Å². The maximum atomic E-state index is 12.4. The average Bonchev–Trinajstić information content (AvgIpc) is 2.99.